The van der Waals surface area contributed by atoms with Crippen LogP contribution in [0.5, 0.6) is 0 Å². The Labute approximate surface area is 74.2 Å². The van der Waals surface area contributed by atoms with E-state index in [0.29, 0.717) is 6.54 Å². The number of hydrogen-bond donors (Lipinski definition) is 1. The smallest absolute Gasteiger partial charge is 0.0690 e. The lowest BCUT2D eigenvalue weighted by Crippen LogP contribution is -2.18. The molecule has 0 radical (unpaired) electrons. The van der Waals surface area contributed by atoms with Crippen molar-refractivity contribution < 1.29 is 0 Å². The highest BCUT2D eigenvalue weighted by Crippen LogP contribution is 2.39. The fourth-order valence-electron chi connectivity index (χ4n) is 1.75. The van der Waals surface area contributed by atoms with Crippen LogP contribution in [0.1, 0.15) is 32.1 Å². The summed E-state index contributed by atoms with van der Waals surface area (Å²) in [5.41, 5.74) is 5.39. The minimum absolute atomic E-state index is 0. The molecule has 0 amide bonds. The van der Waals surface area contributed by atoms with Gasteiger partial charge in [-0.25, -0.2) is 0 Å². The van der Waals surface area contributed by atoms with E-state index in [-0.39, 0.29) is 17.8 Å². The molecule has 1 aliphatic rings. The lowest BCUT2D eigenvalue weighted by molar-refractivity contribution is 0.383. The molecule has 0 aromatic carbocycles. The van der Waals surface area contributed by atoms with E-state index in [1.54, 1.807) is 0 Å². The van der Waals surface area contributed by atoms with Gasteiger partial charge >= 0.3 is 0 Å². The van der Waals surface area contributed by atoms with Crippen LogP contribution < -0.4 is 5.73 Å². The minimum Gasteiger partial charge on any atom is -0.330 e. The standard InChI is InChI=1S/C8H14N2.ClH/c9-6-5-8(7-10)3-1-2-4-8;/h1-6,9H2;1H. The summed E-state index contributed by atoms with van der Waals surface area (Å²) in [5, 5.41) is 8.84. The molecule has 0 aliphatic heterocycles. The van der Waals surface area contributed by atoms with E-state index in [9.17, 15) is 0 Å². The molecule has 1 saturated carbocycles. The van der Waals surface area contributed by atoms with Crippen molar-refractivity contribution in [1.82, 2.24) is 0 Å². The first kappa shape index (κ1) is 10.7. The van der Waals surface area contributed by atoms with Gasteiger partial charge in [-0.15, -0.1) is 12.4 Å². The third-order valence-electron chi connectivity index (χ3n) is 2.42. The van der Waals surface area contributed by atoms with Gasteiger partial charge < -0.3 is 5.73 Å². The lowest BCUT2D eigenvalue weighted by atomic mass is 9.85. The van der Waals surface area contributed by atoms with Crippen molar-refractivity contribution in [2.24, 2.45) is 11.1 Å². The molecule has 0 bridgehead atoms. The van der Waals surface area contributed by atoms with E-state index in [0.717, 1.165) is 19.3 Å². The van der Waals surface area contributed by atoms with Crippen LogP contribution in [0.3, 0.4) is 0 Å². The van der Waals surface area contributed by atoms with Gasteiger partial charge in [0.05, 0.1) is 11.5 Å². The van der Waals surface area contributed by atoms with Crippen molar-refractivity contribution in [2.75, 3.05) is 6.54 Å². The van der Waals surface area contributed by atoms with Crippen molar-refractivity contribution in [3.8, 4) is 6.07 Å². The van der Waals surface area contributed by atoms with Crippen molar-refractivity contribution in [3.63, 3.8) is 0 Å². The predicted molar refractivity (Wildman–Crippen MR) is 47.4 cm³/mol. The zero-order valence-corrected chi connectivity index (χ0v) is 7.49. The molecule has 2 N–H and O–H groups in total. The molecule has 0 unspecified atom stereocenters. The molecule has 1 rings (SSSR count). The summed E-state index contributed by atoms with van der Waals surface area (Å²) in [5.74, 6) is 0. The summed E-state index contributed by atoms with van der Waals surface area (Å²) < 4.78 is 0. The fraction of sp³-hybridized carbons (Fsp3) is 0.875. The van der Waals surface area contributed by atoms with Crippen LogP contribution in [0.4, 0.5) is 0 Å². The number of nitrogens with zero attached hydrogens (tertiary/aromatic N) is 1. The van der Waals surface area contributed by atoms with Crippen LogP contribution >= 0.6 is 12.4 Å². The normalized spacial score (nSPS) is 20.4. The van der Waals surface area contributed by atoms with Crippen molar-refractivity contribution in [2.45, 2.75) is 32.1 Å². The monoisotopic (exact) mass is 174 g/mol. The van der Waals surface area contributed by atoms with E-state index >= 15 is 0 Å². The van der Waals surface area contributed by atoms with E-state index in [2.05, 4.69) is 6.07 Å². The van der Waals surface area contributed by atoms with Crippen LogP contribution in [-0.2, 0) is 0 Å². The second-order valence-electron chi connectivity index (χ2n) is 3.14. The molecule has 0 saturated heterocycles. The number of hydrogen-bond acceptors (Lipinski definition) is 2. The first-order chi connectivity index (χ1) is 4.83. The first-order valence-electron chi connectivity index (χ1n) is 3.94. The molecular formula is C8H15ClN2. The molecule has 3 heteroatoms. The second-order valence-corrected chi connectivity index (χ2v) is 3.14. The molecule has 1 aliphatic carbocycles. The summed E-state index contributed by atoms with van der Waals surface area (Å²) in [6.07, 6.45) is 5.46. The van der Waals surface area contributed by atoms with Gasteiger partial charge in [0.2, 0.25) is 0 Å². The maximum Gasteiger partial charge on any atom is 0.0690 e. The highest BCUT2D eigenvalue weighted by molar-refractivity contribution is 5.85. The third-order valence-corrected chi connectivity index (χ3v) is 2.42. The third kappa shape index (κ3) is 2.36. The summed E-state index contributed by atoms with van der Waals surface area (Å²) in [6.45, 7) is 0.660. The minimum atomic E-state index is -0.0330. The highest BCUT2D eigenvalue weighted by Gasteiger charge is 2.32. The molecule has 0 spiro atoms. The average molecular weight is 175 g/mol. The molecular weight excluding hydrogens is 160 g/mol. The first-order valence-corrected chi connectivity index (χ1v) is 3.94. The van der Waals surface area contributed by atoms with Crippen LogP contribution in [0.25, 0.3) is 0 Å². The van der Waals surface area contributed by atoms with Gasteiger partial charge in [-0.05, 0) is 25.8 Å². The van der Waals surface area contributed by atoms with Crippen LogP contribution in [0.2, 0.25) is 0 Å². The van der Waals surface area contributed by atoms with E-state index in [1.165, 1.54) is 12.8 Å². The van der Waals surface area contributed by atoms with E-state index in [4.69, 9.17) is 11.0 Å². The van der Waals surface area contributed by atoms with Crippen molar-refractivity contribution in [1.29, 1.82) is 5.26 Å². The zero-order valence-electron chi connectivity index (χ0n) is 6.68. The number of rotatable bonds is 2. The van der Waals surface area contributed by atoms with Crippen LogP contribution in [-0.4, -0.2) is 6.54 Å². The predicted octanol–water partition coefficient (Wildman–Crippen LogP) is 1.84. The molecule has 0 aromatic heterocycles. The van der Waals surface area contributed by atoms with Gasteiger partial charge in [0, 0.05) is 0 Å². The topological polar surface area (TPSA) is 49.8 Å². The SMILES string of the molecule is Cl.N#CC1(CCN)CCCC1. The fourth-order valence-corrected chi connectivity index (χ4v) is 1.75. The summed E-state index contributed by atoms with van der Waals surface area (Å²) in [4.78, 5) is 0. The van der Waals surface area contributed by atoms with Crippen LogP contribution in [0, 0.1) is 16.7 Å². The van der Waals surface area contributed by atoms with Crippen molar-refractivity contribution in [3.05, 3.63) is 0 Å². The molecule has 0 aromatic rings. The quantitative estimate of drug-likeness (QED) is 0.695. The Kier molecular flexibility index (Phi) is 4.48. The second kappa shape index (κ2) is 4.58. The maximum absolute atomic E-state index is 8.84. The van der Waals surface area contributed by atoms with E-state index in [1.807, 2.05) is 0 Å². The van der Waals surface area contributed by atoms with Gasteiger partial charge in [-0.1, -0.05) is 12.8 Å². The Morgan fingerprint density at radius 1 is 1.36 bits per heavy atom. The molecule has 1 fully saturated rings. The van der Waals surface area contributed by atoms with Gasteiger partial charge in [-0.2, -0.15) is 5.26 Å². The summed E-state index contributed by atoms with van der Waals surface area (Å²) in [7, 11) is 0. The van der Waals surface area contributed by atoms with Crippen LogP contribution in [0.15, 0.2) is 0 Å². The van der Waals surface area contributed by atoms with Crippen molar-refractivity contribution >= 4 is 12.4 Å². The Morgan fingerprint density at radius 2 is 1.91 bits per heavy atom. The molecule has 0 atom stereocenters. The zero-order chi connectivity index (χ0) is 7.45. The molecule has 2 nitrogen and oxygen atoms in total. The van der Waals surface area contributed by atoms with Gasteiger partial charge in [0.15, 0.2) is 0 Å². The van der Waals surface area contributed by atoms with Gasteiger partial charge in [0.1, 0.15) is 0 Å². The van der Waals surface area contributed by atoms with E-state index < -0.39 is 0 Å². The molecule has 11 heavy (non-hydrogen) atoms. The van der Waals surface area contributed by atoms with Gasteiger partial charge in [0.25, 0.3) is 0 Å². The summed E-state index contributed by atoms with van der Waals surface area (Å²) in [6, 6.07) is 2.40. The number of halogens is 1. The Balaban J connectivity index is 0.000001000. The highest BCUT2D eigenvalue weighted by atomic mass is 35.5. The average Bonchev–Trinajstić information content (AvgIpc) is 2.39. The largest absolute Gasteiger partial charge is 0.330 e. The lowest BCUT2D eigenvalue weighted by Gasteiger charge is -2.17. The number of nitrogens with two attached hydrogens (primary N) is 1. The van der Waals surface area contributed by atoms with Gasteiger partial charge in [-0.3, -0.25) is 0 Å². The Morgan fingerprint density at radius 3 is 2.27 bits per heavy atom. The Hall–Kier alpha value is -0.260. The molecule has 0 heterocycles. The number of nitriles is 1. The Bertz CT molecular complexity index is 145. The summed E-state index contributed by atoms with van der Waals surface area (Å²) >= 11 is 0. The molecule has 64 valence electrons. The maximum atomic E-state index is 8.84.